The first-order valence-electron chi connectivity index (χ1n) is 7.94. The average Bonchev–Trinajstić information content (AvgIpc) is 3.32. The summed E-state index contributed by atoms with van der Waals surface area (Å²) in [5.74, 6) is -1.38. The molecule has 0 spiro atoms. The number of epoxide rings is 1. The van der Waals surface area contributed by atoms with Crippen LogP contribution in [0.25, 0.3) is 5.69 Å². The Balaban J connectivity index is 1.72. The minimum atomic E-state index is -1.04. The number of rotatable bonds is 4. The van der Waals surface area contributed by atoms with Gasteiger partial charge in [0, 0.05) is 16.7 Å². The van der Waals surface area contributed by atoms with Crippen molar-refractivity contribution in [3.8, 4) is 5.69 Å². The van der Waals surface area contributed by atoms with Gasteiger partial charge in [0.1, 0.15) is 23.6 Å². The Bertz CT molecular complexity index is 1030. The van der Waals surface area contributed by atoms with Gasteiger partial charge in [-0.25, -0.2) is 22.8 Å². The number of hydrogen-bond donors (Lipinski definition) is 0. The summed E-state index contributed by atoms with van der Waals surface area (Å²) in [6.07, 6.45) is 1.39. The molecule has 0 saturated carbocycles. The molecule has 0 amide bonds. The maximum Gasteiger partial charge on any atom is 0.350 e. The Hall–Kier alpha value is -2.51. The van der Waals surface area contributed by atoms with Crippen molar-refractivity contribution in [2.45, 2.75) is 18.6 Å². The van der Waals surface area contributed by atoms with E-state index in [9.17, 15) is 13.6 Å². The maximum absolute atomic E-state index is 14.2. The molecule has 0 aliphatic carbocycles. The molecular weight excluding hydrogens is 364 g/mol. The lowest BCUT2D eigenvalue weighted by molar-refractivity contribution is 0.211. The van der Waals surface area contributed by atoms with Gasteiger partial charge < -0.3 is 4.74 Å². The van der Waals surface area contributed by atoms with Crippen LogP contribution in [0, 0.1) is 11.6 Å². The van der Waals surface area contributed by atoms with E-state index < -0.39 is 29.0 Å². The third-order valence-corrected chi connectivity index (χ3v) is 4.93. The Kier molecular flexibility index (Phi) is 3.93. The monoisotopic (exact) mass is 377 g/mol. The van der Waals surface area contributed by atoms with E-state index in [1.165, 1.54) is 27.7 Å². The fraction of sp³-hybridized carbons (Fsp3) is 0.222. The molecule has 0 radical (unpaired) electrons. The molecule has 4 rings (SSSR count). The summed E-state index contributed by atoms with van der Waals surface area (Å²) < 4.78 is 35.5. The molecule has 1 aliphatic rings. The van der Waals surface area contributed by atoms with E-state index in [1.807, 2.05) is 0 Å². The van der Waals surface area contributed by atoms with Crippen LogP contribution in [0.15, 0.2) is 53.6 Å². The van der Waals surface area contributed by atoms with E-state index in [4.69, 9.17) is 16.3 Å². The lowest BCUT2D eigenvalue weighted by atomic mass is 9.92. The molecule has 1 fully saturated rings. The van der Waals surface area contributed by atoms with Gasteiger partial charge in [-0.2, -0.15) is 5.10 Å². The fourth-order valence-corrected chi connectivity index (χ4v) is 3.22. The predicted octanol–water partition coefficient (Wildman–Crippen LogP) is 3.45. The molecule has 1 aliphatic heterocycles. The van der Waals surface area contributed by atoms with Gasteiger partial charge in [0.05, 0.1) is 18.3 Å². The molecule has 1 saturated heterocycles. The van der Waals surface area contributed by atoms with Crippen LogP contribution in [0.5, 0.6) is 0 Å². The number of nitrogens with zero attached hydrogens (tertiary/aromatic N) is 3. The number of benzene rings is 2. The predicted molar refractivity (Wildman–Crippen MR) is 91.5 cm³/mol. The first-order valence-corrected chi connectivity index (χ1v) is 8.32. The Morgan fingerprint density at radius 2 is 1.92 bits per heavy atom. The molecule has 8 heteroatoms. The van der Waals surface area contributed by atoms with E-state index in [0.717, 1.165) is 6.07 Å². The summed E-state index contributed by atoms with van der Waals surface area (Å²) in [6.45, 7) is 1.94. The van der Waals surface area contributed by atoms with Crippen molar-refractivity contribution < 1.29 is 13.5 Å². The average molecular weight is 378 g/mol. The lowest BCUT2D eigenvalue weighted by Gasteiger charge is -2.20. The third kappa shape index (κ3) is 2.64. The molecular formula is C18H14ClF2N3O2. The van der Waals surface area contributed by atoms with Gasteiger partial charge in [0.25, 0.3) is 0 Å². The number of hydrogen-bond acceptors (Lipinski definition) is 3. The molecule has 0 N–H and O–H groups in total. The molecule has 5 nitrogen and oxygen atoms in total. The van der Waals surface area contributed by atoms with Crippen LogP contribution in [0.4, 0.5) is 8.78 Å². The minimum absolute atomic E-state index is 0.208. The highest BCUT2D eigenvalue weighted by molar-refractivity contribution is 6.30. The summed E-state index contributed by atoms with van der Waals surface area (Å²) in [6, 6.07) is 9.47. The molecule has 2 atom stereocenters. The van der Waals surface area contributed by atoms with Gasteiger partial charge in [0.15, 0.2) is 0 Å². The molecule has 2 aromatic carbocycles. The quantitative estimate of drug-likeness (QED) is 0.654. The highest BCUT2D eigenvalue weighted by atomic mass is 35.5. The van der Waals surface area contributed by atoms with Crippen molar-refractivity contribution in [1.82, 2.24) is 14.3 Å². The highest BCUT2D eigenvalue weighted by Gasteiger charge is 2.54. The Labute approximate surface area is 152 Å². The van der Waals surface area contributed by atoms with Crippen LogP contribution in [0.1, 0.15) is 18.5 Å². The van der Waals surface area contributed by atoms with Crippen LogP contribution in [-0.4, -0.2) is 21.0 Å². The Morgan fingerprint density at radius 3 is 2.54 bits per heavy atom. The minimum Gasteiger partial charge on any atom is -0.362 e. The number of aromatic nitrogens is 3. The summed E-state index contributed by atoms with van der Waals surface area (Å²) >= 11 is 5.87. The summed E-state index contributed by atoms with van der Waals surface area (Å²) in [5, 5.41) is 4.71. The third-order valence-electron chi connectivity index (χ3n) is 4.68. The fourth-order valence-electron chi connectivity index (χ4n) is 3.09. The van der Waals surface area contributed by atoms with E-state index in [1.54, 1.807) is 31.2 Å². The second kappa shape index (κ2) is 6.03. The van der Waals surface area contributed by atoms with Crippen molar-refractivity contribution in [3.63, 3.8) is 0 Å². The standard InChI is InChI=1S/C18H14ClF2N3O2/c1-11(18(9-26-18)15-7-4-13(20)8-16(15)21)24-17(25)23(10-22-24)14-5-2-12(19)3-6-14/h2-8,10-11H,9H2,1H3/t11-,18-/m1/s1. The van der Waals surface area contributed by atoms with Gasteiger partial charge in [-0.05, 0) is 37.3 Å². The van der Waals surface area contributed by atoms with Crippen molar-refractivity contribution in [2.24, 2.45) is 0 Å². The largest absolute Gasteiger partial charge is 0.362 e. The topological polar surface area (TPSA) is 52.4 Å². The second-order valence-electron chi connectivity index (χ2n) is 6.18. The summed E-state index contributed by atoms with van der Waals surface area (Å²) in [4.78, 5) is 12.8. The molecule has 3 aromatic rings. The van der Waals surface area contributed by atoms with Crippen LogP contribution in [-0.2, 0) is 10.3 Å². The lowest BCUT2D eigenvalue weighted by Crippen LogP contribution is -2.33. The van der Waals surface area contributed by atoms with Crippen molar-refractivity contribution >= 4 is 11.6 Å². The normalized spacial score (nSPS) is 20.2. The van der Waals surface area contributed by atoms with Gasteiger partial charge in [-0.1, -0.05) is 17.7 Å². The zero-order chi connectivity index (χ0) is 18.5. The smallest absolute Gasteiger partial charge is 0.350 e. The number of halogens is 3. The van der Waals surface area contributed by atoms with E-state index in [0.29, 0.717) is 10.7 Å². The van der Waals surface area contributed by atoms with Gasteiger partial charge >= 0.3 is 5.69 Å². The molecule has 1 aromatic heterocycles. The second-order valence-corrected chi connectivity index (χ2v) is 6.62. The molecule has 26 heavy (non-hydrogen) atoms. The maximum atomic E-state index is 14.2. The van der Waals surface area contributed by atoms with Crippen molar-refractivity contribution in [2.75, 3.05) is 6.61 Å². The zero-order valence-corrected chi connectivity index (χ0v) is 14.5. The molecule has 2 heterocycles. The van der Waals surface area contributed by atoms with E-state index in [-0.39, 0.29) is 12.2 Å². The summed E-state index contributed by atoms with van der Waals surface area (Å²) in [5.41, 5.74) is -0.617. The first-order chi connectivity index (χ1) is 12.4. The van der Waals surface area contributed by atoms with Gasteiger partial charge in [-0.15, -0.1) is 0 Å². The van der Waals surface area contributed by atoms with E-state index in [2.05, 4.69) is 5.10 Å². The molecule has 0 bridgehead atoms. The van der Waals surface area contributed by atoms with Crippen LogP contribution in [0.2, 0.25) is 5.02 Å². The van der Waals surface area contributed by atoms with E-state index >= 15 is 0 Å². The zero-order valence-electron chi connectivity index (χ0n) is 13.7. The van der Waals surface area contributed by atoms with Crippen molar-refractivity contribution in [1.29, 1.82) is 0 Å². The van der Waals surface area contributed by atoms with Crippen LogP contribution in [0.3, 0.4) is 0 Å². The van der Waals surface area contributed by atoms with Crippen LogP contribution < -0.4 is 5.69 Å². The van der Waals surface area contributed by atoms with Crippen LogP contribution >= 0.6 is 11.6 Å². The van der Waals surface area contributed by atoms with Gasteiger partial charge in [-0.3, -0.25) is 0 Å². The highest BCUT2D eigenvalue weighted by Crippen LogP contribution is 2.48. The molecule has 134 valence electrons. The van der Waals surface area contributed by atoms with Crippen molar-refractivity contribution in [3.05, 3.63) is 81.5 Å². The number of ether oxygens (including phenoxy) is 1. The Morgan fingerprint density at radius 1 is 1.23 bits per heavy atom. The molecule has 0 unspecified atom stereocenters. The SMILES string of the molecule is C[C@@H](n1ncn(-c2ccc(Cl)cc2)c1=O)[C@@]1(c2ccc(F)cc2F)CO1. The first kappa shape index (κ1) is 16.9. The summed E-state index contributed by atoms with van der Waals surface area (Å²) in [7, 11) is 0. The van der Waals surface area contributed by atoms with Gasteiger partial charge in [0.2, 0.25) is 0 Å².